The van der Waals surface area contributed by atoms with Gasteiger partial charge in [-0.2, -0.15) is 0 Å². The molecule has 4 aromatic rings. The minimum Gasteiger partial charge on any atom is -0.494 e. The molecular weight excluding hydrogens is 294 g/mol. The van der Waals surface area contributed by atoms with Crippen molar-refractivity contribution in [3.8, 4) is 11.4 Å². The lowest BCUT2D eigenvalue weighted by atomic mass is 10.1. The van der Waals surface area contributed by atoms with Crippen molar-refractivity contribution in [3.05, 3.63) is 72.9 Å². The van der Waals surface area contributed by atoms with Gasteiger partial charge in [-0.1, -0.05) is 49.7 Å². The van der Waals surface area contributed by atoms with Crippen molar-refractivity contribution >= 4 is 21.7 Å². The fourth-order valence-corrected chi connectivity index (χ4v) is 3.16. The molecule has 0 atom stereocenters. The summed E-state index contributed by atoms with van der Waals surface area (Å²) < 4.78 is 8.02. The number of rotatable bonds is 5. The molecule has 2 heteroatoms. The fraction of sp³-hybridized carbons (Fsp3) is 0.182. The van der Waals surface area contributed by atoms with E-state index < -0.39 is 0 Å². The first-order chi connectivity index (χ1) is 11.9. The summed E-state index contributed by atoms with van der Waals surface area (Å²) >= 11 is 0. The van der Waals surface area contributed by atoms with Crippen molar-refractivity contribution in [1.29, 1.82) is 0 Å². The average molecular weight is 315 g/mol. The van der Waals surface area contributed by atoms with E-state index in [1.807, 2.05) is 0 Å². The summed E-state index contributed by atoms with van der Waals surface area (Å²) in [7, 11) is 0. The fourth-order valence-electron chi connectivity index (χ4n) is 3.16. The van der Waals surface area contributed by atoms with Gasteiger partial charge in [-0.05, 0) is 42.1 Å². The molecule has 0 radical (unpaired) electrons. The van der Waals surface area contributed by atoms with Gasteiger partial charge < -0.3 is 9.30 Å². The number of hydrogen-bond acceptors (Lipinski definition) is 1. The second kappa shape index (κ2) is 6.40. The molecule has 0 aliphatic rings. The van der Waals surface area contributed by atoms with E-state index >= 15 is 0 Å². The molecule has 1 heterocycles. The third-order valence-electron chi connectivity index (χ3n) is 4.46. The molecule has 0 fully saturated rings. The average Bonchev–Trinajstić information content (AvgIpc) is 3.07. The highest BCUT2D eigenvalue weighted by molar-refractivity contribution is 6.06. The minimum absolute atomic E-state index is 0.785. The summed E-state index contributed by atoms with van der Waals surface area (Å²) in [4.78, 5) is 0. The van der Waals surface area contributed by atoms with Crippen LogP contribution in [0, 0.1) is 0 Å². The maximum Gasteiger partial charge on any atom is 0.119 e. The quantitative estimate of drug-likeness (QED) is 0.414. The number of unbranched alkanes of at least 4 members (excludes halogenated alkanes) is 1. The SMILES string of the molecule is CCCCOc1ccc(-n2ccc3ccc4ccccc4c32)cc1. The van der Waals surface area contributed by atoms with Gasteiger partial charge in [0.15, 0.2) is 0 Å². The Balaban J connectivity index is 1.75. The highest BCUT2D eigenvalue weighted by atomic mass is 16.5. The predicted molar refractivity (Wildman–Crippen MR) is 101 cm³/mol. The van der Waals surface area contributed by atoms with Crippen molar-refractivity contribution in [2.24, 2.45) is 0 Å². The van der Waals surface area contributed by atoms with Crippen LogP contribution in [-0.2, 0) is 0 Å². The Morgan fingerprint density at radius 3 is 2.46 bits per heavy atom. The van der Waals surface area contributed by atoms with Crippen LogP contribution in [0.4, 0.5) is 0 Å². The number of benzene rings is 3. The van der Waals surface area contributed by atoms with Crippen molar-refractivity contribution in [2.45, 2.75) is 19.8 Å². The number of hydrogen-bond donors (Lipinski definition) is 0. The summed E-state index contributed by atoms with van der Waals surface area (Å²) in [5.74, 6) is 0.938. The largest absolute Gasteiger partial charge is 0.494 e. The van der Waals surface area contributed by atoms with Crippen LogP contribution in [0.25, 0.3) is 27.4 Å². The van der Waals surface area contributed by atoms with Crippen LogP contribution in [0.1, 0.15) is 19.8 Å². The Labute approximate surface area is 142 Å². The standard InChI is InChI=1S/C22H21NO/c1-2-3-16-24-20-12-10-19(11-13-20)23-15-14-18-9-8-17-6-4-5-7-21(17)22(18)23/h4-15H,2-3,16H2,1H3. The lowest BCUT2D eigenvalue weighted by Gasteiger charge is -2.10. The zero-order valence-corrected chi connectivity index (χ0v) is 13.9. The van der Waals surface area contributed by atoms with Crippen LogP contribution < -0.4 is 4.74 Å². The van der Waals surface area contributed by atoms with Gasteiger partial charge in [0, 0.05) is 22.7 Å². The molecule has 4 rings (SSSR count). The van der Waals surface area contributed by atoms with Gasteiger partial charge in [-0.3, -0.25) is 0 Å². The monoisotopic (exact) mass is 315 g/mol. The lowest BCUT2D eigenvalue weighted by molar-refractivity contribution is 0.309. The normalized spacial score (nSPS) is 11.2. The highest BCUT2D eigenvalue weighted by Gasteiger charge is 2.07. The Bertz CT molecular complexity index is 966. The summed E-state index contributed by atoms with van der Waals surface area (Å²) in [6.07, 6.45) is 4.39. The highest BCUT2D eigenvalue weighted by Crippen LogP contribution is 2.29. The van der Waals surface area contributed by atoms with Crippen LogP contribution in [0.5, 0.6) is 5.75 Å². The van der Waals surface area contributed by atoms with E-state index in [-0.39, 0.29) is 0 Å². The van der Waals surface area contributed by atoms with Gasteiger partial charge in [0.25, 0.3) is 0 Å². The first-order valence-corrected chi connectivity index (χ1v) is 8.59. The van der Waals surface area contributed by atoms with E-state index in [2.05, 4.69) is 84.4 Å². The second-order valence-corrected chi connectivity index (χ2v) is 6.11. The van der Waals surface area contributed by atoms with Crippen molar-refractivity contribution in [3.63, 3.8) is 0 Å². The summed E-state index contributed by atoms with van der Waals surface area (Å²) in [6, 6.07) is 23.5. The predicted octanol–water partition coefficient (Wildman–Crippen LogP) is 5.96. The molecule has 1 aromatic heterocycles. The second-order valence-electron chi connectivity index (χ2n) is 6.11. The molecule has 0 amide bonds. The first-order valence-electron chi connectivity index (χ1n) is 8.59. The third-order valence-corrected chi connectivity index (χ3v) is 4.46. The number of fused-ring (bicyclic) bond motifs is 3. The Kier molecular flexibility index (Phi) is 3.96. The van der Waals surface area contributed by atoms with E-state index in [1.54, 1.807) is 0 Å². The van der Waals surface area contributed by atoms with E-state index in [9.17, 15) is 0 Å². The van der Waals surface area contributed by atoms with Crippen LogP contribution in [0.2, 0.25) is 0 Å². The maximum atomic E-state index is 5.77. The molecule has 0 aliphatic carbocycles. The van der Waals surface area contributed by atoms with Crippen LogP contribution in [0.15, 0.2) is 72.9 Å². The maximum absolute atomic E-state index is 5.77. The van der Waals surface area contributed by atoms with Crippen molar-refractivity contribution in [1.82, 2.24) is 4.57 Å². The van der Waals surface area contributed by atoms with Gasteiger partial charge in [-0.25, -0.2) is 0 Å². The Morgan fingerprint density at radius 1 is 0.833 bits per heavy atom. The third kappa shape index (κ3) is 2.65. The molecule has 24 heavy (non-hydrogen) atoms. The minimum atomic E-state index is 0.785. The van der Waals surface area contributed by atoms with E-state index in [0.29, 0.717) is 0 Å². The molecule has 0 saturated carbocycles. The van der Waals surface area contributed by atoms with E-state index in [0.717, 1.165) is 30.9 Å². The van der Waals surface area contributed by atoms with Gasteiger partial charge in [0.05, 0.1) is 12.1 Å². The zero-order chi connectivity index (χ0) is 16.4. The molecule has 0 spiro atoms. The summed E-state index contributed by atoms with van der Waals surface area (Å²) in [5.41, 5.74) is 2.41. The zero-order valence-electron chi connectivity index (χ0n) is 13.9. The van der Waals surface area contributed by atoms with Crippen LogP contribution in [-0.4, -0.2) is 11.2 Å². The molecule has 2 nitrogen and oxygen atoms in total. The molecule has 0 saturated heterocycles. The van der Waals surface area contributed by atoms with Gasteiger partial charge in [-0.15, -0.1) is 0 Å². The smallest absolute Gasteiger partial charge is 0.119 e. The number of ether oxygens (including phenoxy) is 1. The van der Waals surface area contributed by atoms with Gasteiger partial charge in [0.2, 0.25) is 0 Å². The summed E-state index contributed by atoms with van der Waals surface area (Å²) in [5, 5.41) is 3.81. The first kappa shape index (κ1) is 14.8. The number of aromatic nitrogens is 1. The Morgan fingerprint density at radius 2 is 1.62 bits per heavy atom. The molecule has 3 aromatic carbocycles. The molecular formula is C22H21NO. The van der Waals surface area contributed by atoms with Gasteiger partial charge >= 0.3 is 0 Å². The molecule has 0 unspecified atom stereocenters. The van der Waals surface area contributed by atoms with Crippen LogP contribution >= 0.6 is 0 Å². The molecule has 120 valence electrons. The summed E-state index contributed by atoms with van der Waals surface area (Å²) in [6.45, 7) is 2.96. The van der Waals surface area contributed by atoms with E-state index in [1.165, 1.54) is 21.7 Å². The molecule has 0 aliphatic heterocycles. The van der Waals surface area contributed by atoms with E-state index in [4.69, 9.17) is 4.74 Å². The molecule has 0 bridgehead atoms. The lowest BCUT2D eigenvalue weighted by Crippen LogP contribution is -1.97. The molecule has 0 N–H and O–H groups in total. The Hall–Kier alpha value is -2.74. The van der Waals surface area contributed by atoms with Crippen LogP contribution in [0.3, 0.4) is 0 Å². The number of nitrogens with zero attached hydrogens (tertiary/aromatic N) is 1. The van der Waals surface area contributed by atoms with Crippen molar-refractivity contribution < 1.29 is 4.74 Å². The van der Waals surface area contributed by atoms with Crippen molar-refractivity contribution in [2.75, 3.05) is 6.61 Å². The topological polar surface area (TPSA) is 14.2 Å². The van der Waals surface area contributed by atoms with Gasteiger partial charge in [0.1, 0.15) is 5.75 Å².